The molecular formula is C27H49N. The molecule has 0 aromatic carbocycles. The minimum atomic E-state index is 1.17. The summed E-state index contributed by atoms with van der Waals surface area (Å²) in [5.41, 5.74) is 2.63. The van der Waals surface area contributed by atoms with E-state index in [-0.39, 0.29) is 0 Å². The summed E-state index contributed by atoms with van der Waals surface area (Å²) in [6.45, 7) is 4.58. The summed E-state index contributed by atoms with van der Waals surface area (Å²) in [6.07, 6.45) is 27.5. The lowest BCUT2D eigenvalue weighted by Gasteiger charge is -2.06. The van der Waals surface area contributed by atoms with Gasteiger partial charge in [-0.3, -0.25) is 4.98 Å². The molecule has 0 fully saturated rings. The molecular weight excluding hydrogens is 338 g/mol. The van der Waals surface area contributed by atoms with Crippen LogP contribution in [0.4, 0.5) is 0 Å². The molecule has 0 radical (unpaired) electrons. The smallest absolute Gasteiger partial charge is 0.0406 e. The molecule has 1 nitrogen and oxygen atoms in total. The molecule has 1 heteroatoms. The van der Waals surface area contributed by atoms with E-state index in [4.69, 9.17) is 4.98 Å². The Morgan fingerprint density at radius 2 is 0.786 bits per heavy atom. The lowest BCUT2D eigenvalue weighted by atomic mass is 10.0. The van der Waals surface area contributed by atoms with Gasteiger partial charge in [-0.15, -0.1) is 0 Å². The average Bonchev–Trinajstić information content (AvgIpc) is 2.72. The van der Waals surface area contributed by atoms with Gasteiger partial charge in [-0.25, -0.2) is 0 Å². The van der Waals surface area contributed by atoms with E-state index in [0.717, 1.165) is 0 Å². The molecule has 0 aliphatic carbocycles. The van der Waals surface area contributed by atoms with Crippen LogP contribution in [-0.4, -0.2) is 4.98 Å². The van der Waals surface area contributed by atoms with Crippen molar-refractivity contribution in [2.24, 2.45) is 0 Å². The van der Waals surface area contributed by atoms with E-state index in [2.05, 4.69) is 32.0 Å². The number of hydrogen-bond acceptors (Lipinski definition) is 1. The topological polar surface area (TPSA) is 12.9 Å². The Balaban J connectivity index is 2.00. The van der Waals surface area contributed by atoms with Crippen LogP contribution in [0.1, 0.15) is 141 Å². The van der Waals surface area contributed by atoms with Gasteiger partial charge >= 0.3 is 0 Å². The van der Waals surface area contributed by atoms with Crippen LogP contribution in [0.25, 0.3) is 0 Å². The summed E-state index contributed by atoms with van der Waals surface area (Å²) in [7, 11) is 0. The molecule has 0 N–H and O–H groups in total. The van der Waals surface area contributed by atoms with Crippen molar-refractivity contribution in [1.29, 1.82) is 0 Å². The molecule has 1 aromatic rings. The fourth-order valence-electron chi connectivity index (χ4n) is 4.04. The molecule has 1 heterocycles. The summed E-state index contributed by atoms with van der Waals surface area (Å²) < 4.78 is 0. The molecule has 0 bridgehead atoms. The first-order valence-corrected chi connectivity index (χ1v) is 12.8. The molecule has 0 saturated heterocycles. The van der Waals surface area contributed by atoms with Crippen LogP contribution in [-0.2, 0) is 12.8 Å². The molecule has 0 aliphatic rings. The second-order valence-corrected chi connectivity index (χ2v) is 8.78. The number of unbranched alkanes of at least 4 members (excludes halogenated alkanes) is 16. The highest BCUT2D eigenvalue weighted by atomic mass is 14.7. The first-order chi connectivity index (χ1) is 13.9. The normalized spacial score (nSPS) is 11.2. The summed E-state index contributed by atoms with van der Waals surface area (Å²) in [6, 6.07) is 6.67. The largest absolute Gasteiger partial charge is 0.258 e. The third-order valence-electron chi connectivity index (χ3n) is 5.94. The molecule has 162 valence electrons. The molecule has 0 unspecified atom stereocenters. The quantitative estimate of drug-likeness (QED) is 0.203. The van der Waals surface area contributed by atoms with Crippen molar-refractivity contribution in [3.63, 3.8) is 0 Å². The highest BCUT2D eigenvalue weighted by molar-refractivity contribution is 5.11. The van der Waals surface area contributed by atoms with Crippen molar-refractivity contribution in [2.75, 3.05) is 0 Å². The van der Waals surface area contributed by atoms with E-state index >= 15 is 0 Å². The van der Waals surface area contributed by atoms with Gasteiger partial charge in [0.05, 0.1) is 0 Å². The summed E-state index contributed by atoms with van der Waals surface area (Å²) in [4.78, 5) is 4.91. The SMILES string of the molecule is CCCCCCCCCCCc1cccc(CCCCCCCCCCC)n1. The first-order valence-electron chi connectivity index (χ1n) is 12.8. The first kappa shape index (κ1) is 25.2. The predicted molar refractivity (Wildman–Crippen MR) is 126 cm³/mol. The van der Waals surface area contributed by atoms with Gasteiger partial charge in [0.2, 0.25) is 0 Å². The maximum absolute atomic E-state index is 4.91. The van der Waals surface area contributed by atoms with Crippen LogP contribution in [0, 0.1) is 0 Å². The third kappa shape index (κ3) is 15.1. The Kier molecular flexibility index (Phi) is 17.5. The molecule has 1 aromatic heterocycles. The van der Waals surface area contributed by atoms with Crippen molar-refractivity contribution >= 4 is 0 Å². The summed E-state index contributed by atoms with van der Waals surface area (Å²) in [5.74, 6) is 0. The fraction of sp³-hybridized carbons (Fsp3) is 0.815. The highest BCUT2D eigenvalue weighted by Gasteiger charge is 2.00. The third-order valence-corrected chi connectivity index (χ3v) is 5.94. The Bertz CT molecular complexity index is 402. The standard InChI is InChI=1S/C27H49N/c1-3-5-7-9-11-13-15-17-19-22-26-24-21-25-27(28-26)23-20-18-16-14-12-10-8-6-4-2/h21,24-25H,3-20,22-23H2,1-2H3. The fourth-order valence-corrected chi connectivity index (χ4v) is 4.04. The van der Waals surface area contributed by atoms with Crippen LogP contribution in [0.15, 0.2) is 18.2 Å². The highest BCUT2D eigenvalue weighted by Crippen LogP contribution is 2.13. The zero-order valence-electron chi connectivity index (χ0n) is 19.3. The number of aryl methyl sites for hydroxylation is 2. The Morgan fingerprint density at radius 3 is 1.14 bits per heavy atom. The monoisotopic (exact) mass is 387 g/mol. The zero-order chi connectivity index (χ0) is 20.1. The van der Waals surface area contributed by atoms with Crippen molar-refractivity contribution < 1.29 is 0 Å². The molecule has 1 rings (SSSR count). The minimum absolute atomic E-state index is 1.17. The number of pyridine rings is 1. The summed E-state index contributed by atoms with van der Waals surface area (Å²) in [5, 5.41) is 0. The number of rotatable bonds is 20. The van der Waals surface area contributed by atoms with E-state index in [9.17, 15) is 0 Å². The number of aromatic nitrogens is 1. The van der Waals surface area contributed by atoms with E-state index in [0.29, 0.717) is 0 Å². The summed E-state index contributed by atoms with van der Waals surface area (Å²) >= 11 is 0. The van der Waals surface area contributed by atoms with Gasteiger partial charge in [-0.05, 0) is 37.8 Å². The van der Waals surface area contributed by atoms with Gasteiger partial charge in [0.1, 0.15) is 0 Å². The Labute approximate surface area is 177 Å². The molecule has 0 amide bonds. The van der Waals surface area contributed by atoms with Crippen molar-refractivity contribution in [3.8, 4) is 0 Å². The van der Waals surface area contributed by atoms with Crippen LogP contribution in [0.2, 0.25) is 0 Å². The lowest BCUT2D eigenvalue weighted by Crippen LogP contribution is -1.96. The van der Waals surface area contributed by atoms with Gasteiger partial charge < -0.3 is 0 Å². The molecule has 28 heavy (non-hydrogen) atoms. The van der Waals surface area contributed by atoms with Crippen LogP contribution < -0.4 is 0 Å². The number of nitrogens with zero attached hydrogens (tertiary/aromatic N) is 1. The minimum Gasteiger partial charge on any atom is -0.258 e. The second-order valence-electron chi connectivity index (χ2n) is 8.78. The van der Waals surface area contributed by atoms with E-state index in [1.165, 1.54) is 140 Å². The predicted octanol–water partition coefficient (Wildman–Crippen LogP) is 9.23. The second kappa shape index (κ2) is 19.5. The zero-order valence-corrected chi connectivity index (χ0v) is 19.3. The lowest BCUT2D eigenvalue weighted by molar-refractivity contribution is 0.561. The average molecular weight is 388 g/mol. The van der Waals surface area contributed by atoms with Gasteiger partial charge in [0, 0.05) is 11.4 Å². The Hall–Kier alpha value is -0.850. The molecule has 0 spiro atoms. The van der Waals surface area contributed by atoms with Gasteiger partial charge in [0.15, 0.2) is 0 Å². The maximum atomic E-state index is 4.91. The van der Waals surface area contributed by atoms with Gasteiger partial charge in [0.25, 0.3) is 0 Å². The van der Waals surface area contributed by atoms with E-state index in [1.807, 2.05) is 0 Å². The number of hydrogen-bond donors (Lipinski definition) is 0. The Morgan fingerprint density at radius 1 is 0.464 bits per heavy atom. The van der Waals surface area contributed by atoms with E-state index in [1.54, 1.807) is 0 Å². The van der Waals surface area contributed by atoms with Crippen molar-refractivity contribution in [2.45, 2.75) is 142 Å². The van der Waals surface area contributed by atoms with Gasteiger partial charge in [-0.1, -0.05) is 123 Å². The van der Waals surface area contributed by atoms with Crippen LogP contribution >= 0.6 is 0 Å². The van der Waals surface area contributed by atoms with Crippen molar-refractivity contribution in [3.05, 3.63) is 29.6 Å². The molecule has 0 saturated carbocycles. The van der Waals surface area contributed by atoms with Crippen molar-refractivity contribution in [1.82, 2.24) is 4.98 Å². The van der Waals surface area contributed by atoms with E-state index < -0.39 is 0 Å². The molecule has 0 atom stereocenters. The van der Waals surface area contributed by atoms with Gasteiger partial charge in [-0.2, -0.15) is 0 Å². The molecule has 0 aliphatic heterocycles. The maximum Gasteiger partial charge on any atom is 0.0406 e. The van der Waals surface area contributed by atoms with Crippen LogP contribution in [0.3, 0.4) is 0 Å². The van der Waals surface area contributed by atoms with Crippen LogP contribution in [0.5, 0.6) is 0 Å².